The van der Waals surface area contributed by atoms with Crippen molar-refractivity contribution in [3.8, 4) is 0 Å². The van der Waals surface area contributed by atoms with E-state index in [4.69, 9.17) is 0 Å². The lowest BCUT2D eigenvalue weighted by Gasteiger charge is -2.02. The molecular formula is C15H12N4O2S2. The summed E-state index contributed by atoms with van der Waals surface area (Å²) in [5.74, 6) is -0.375. The maximum atomic E-state index is 11.9. The molecule has 3 aromatic rings. The van der Waals surface area contributed by atoms with Crippen molar-refractivity contribution in [3.63, 3.8) is 0 Å². The summed E-state index contributed by atoms with van der Waals surface area (Å²) >= 11 is 2.66. The van der Waals surface area contributed by atoms with Crippen molar-refractivity contribution < 1.29 is 9.59 Å². The molecule has 0 bridgehead atoms. The maximum Gasteiger partial charge on any atom is 0.267 e. The van der Waals surface area contributed by atoms with E-state index in [2.05, 4.69) is 20.6 Å². The van der Waals surface area contributed by atoms with Gasteiger partial charge in [0, 0.05) is 11.6 Å². The summed E-state index contributed by atoms with van der Waals surface area (Å²) in [4.78, 5) is 32.7. The van der Waals surface area contributed by atoms with Crippen LogP contribution in [-0.4, -0.2) is 21.8 Å². The number of thiophene rings is 1. The van der Waals surface area contributed by atoms with E-state index in [-0.39, 0.29) is 18.2 Å². The van der Waals surface area contributed by atoms with Crippen LogP contribution in [0.15, 0.2) is 47.4 Å². The lowest BCUT2D eigenvalue weighted by atomic mass is 10.3. The second-order valence-corrected chi connectivity index (χ2v) is 6.35. The molecule has 3 rings (SSSR count). The summed E-state index contributed by atoms with van der Waals surface area (Å²) in [6.07, 6.45) is 3.35. The minimum absolute atomic E-state index is 0.139. The quantitative estimate of drug-likeness (QED) is 0.745. The first-order valence-electron chi connectivity index (χ1n) is 6.70. The number of carbonyl (C=O) groups is 2. The fraction of sp³-hybridized carbons (Fsp3) is 0.0667. The van der Waals surface area contributed by atoms with Crippen molar-refractivity contribution in [2.45, 2.75) is 6.42 Å². The molecule has 0 saturated carbocycles. The lowest BCUT2D eigenvalue weighted by molar-refractivity contribution is -0.115. The first kappa shape index (κ1) is 15.3. The van der Waals surface area contributed by atoms with Gasteiger partial charge in [-0.05, 0) is 23.6 Å². The van der Waals surface area contributed by atoms with Crippen molar-refractivity contribution in [1.82, 2.24) is 9.97 Å². The van der Waals surface area contributed by atoms with Crippen LogP contribution in [0.2, 0.25) is 0 Å². The summed E-state index contributed by atoms with van der Waals surface area (Å²) in [7, 11) is 0. The molecule has 6 nitrogen and oxygen atoms in total. The summed E-state index contributed by atoms with van der Waals surface area (Å²) < 4.78 is 0. The molecule has 2 amide bonds. The van der Waals surface area contributed by atoms with E-state index in [0.717, 1.165) is 0 Å². The van der Waals surface area contributed by atoms with Crippen molar-refractivity contribution in [2.75, 3.05) is 10.6 Å². The van der Waals surface area contributed by atoms with Crippen molar-refractivity contribution in [2.24, 2.45) is 0 Å². The largest absolute Gasteiger partial charge is 0.324 e. The zero-order valence-electron chi connectivity index (χ0n) is 11.9. The molecule has 116 valence electrons. The number of hydrogen-bond acceptors (Lipinski definition) is 6. The van der Waals surface area contributed by atoms with Gasteiger partial charge in [-0.2, -0.15) is 0 Å². The third kappa shape index (κ3) is 4.21. The van der Waals surface area contributed by atoms with Crippen LogP contribution in [0.4, 0.5) is 10.8 Å². The number of nitrogens with one attached hydrogen (secondary N) is 2. The van der Waals surface area contributed by atoms with Gasteiger partial charge >= 0.3 is 0 Å². The molecule has 0 saturated heterocycles. The van der Waals surface area contributed by atoms with E-state index < -0.39 is 0 Å². The van der Waals surface area contributed by atoms with Crippen LogP contribution in [0, 0.1) is 0 Å². The van der Waals surface area contributed by atoms with Crippen LogP contribution in [-0.2, 0) is 11.2 Å². The fourth-order valence-electron chi connectivity index (χ4n) is 1.82. The molecule has 0 spiro atoms. The summed E-state index contributed by atoms with van der Waals surface area (Å²) in [6, 6.07) is 7.07. The average molecular weight is 344 g/mol. The Hall–Kier alpha value is -2.58. The second kappa shape index (κ2) is 7.12. The molecule has 0 aliphatic carbocycles. The van der Waals surface area contributed by atoms with Gasteiger partial charge in [-0.25, -0.2) is 4.98 Å². The van der Waals surface area contributed by atoms with E-state index in [1.807, 2.05) is 11.4 Å². The molecule has 0 atom stereocenters. The Morgan fingerprint density at radius 1 is 1.13 bits per heavy atom. The molecule has 0 radical (unpaired) electrons. The van der Waals surface area contributed by atoms with Crippen LogP contribution in [0.5, 0.6) is 0 Å². The summed E-state index contributed by atoms with van der Waals surface area (Å²) in [5.41, 5.74) is 1.25. The molecule has 0 aliphatic rings. The predicted molar refractivity (Wildman–Crippen MR) is 91.0 cm³/mol. The minimum atomic E-state index is -0.194. The van der Waals surface area contributed by atoms with Gasteiger partial charge in [0.2, 0.25) is 5.91 Å². The zero-order valence-corrected chi connectivity index (χ0v) is 13.5. The van der Waals surface area contributed by atoms with Crippen molar-refractivity contribution in [3.05, 3.63) is 58.0 Å². The van der Waals surface area contributed by atoms with Gasteiger partial charge in [0.05, 0.1) is 28.9 Å². The first-order chi connectivity index (χ1) is 11.2. The molecule has 3 aromatic heterocycles. The average Bonchev–Trinajstić information content (AvgIpc) is 3.20. The number of aromatic nitrogens is 2. The number of thiazole rings is 1. The molecule has 2 N–H and O–H groups in total. The molecule has 8 heteroatoms. The first-order valence-corrected chi connectivity index (χ1v) is 8.46. The van der Waals surface area contributed by atoms with Crippen LogP contribution >= 0.6 is 22.7 Å². The highest BCUT2D eigenvalue weighted by Gasteiger charge is 2.12. The van der Waals surface area contributed by atoms with Crippen LogP contribution in [0.3, 0.4) is 0 Å². The Bertz CT molecular complexity index is 800. The van der Waals surface area contributed by atoms with Crippen molar-refractivity contribution in [1.29, 1.82) is 0 Å². The molecule has 0 aliphatic heterocycles. The maximum absolute atomic E-state index is 11.9. The normalized spacial score (nSPS) is 10.3. The van der Waals surface area contributed by atoms with E-state index in [1.54, 1.807) is 36.0 Å². The van der Waals surface area contributed by atoms with Crippen molar-refractivity contribution >= 4 is 45.3 Å². The van der Waals surface area contributed by atoms with Gasteiger partial charge in [0.1, 0.15) is 0 Å². The van der Waals surface area contributed by atoms with Gasteiger partial charge in [0.25, 0.3) is 5.91 Å². The Balaban J connectivity index is 1.57. The molecule has 23 heavy (non-hydrogen) atoms. The van der Waals surface area contributed by atoms with Gasteiger partial charge < -0.3 is 5.32 Å². The molecular weight excluding hydrogens is 332 g/mol. The predicted octanol–water partition coefficient (Wildman–Crippen LogP) is 3.03. The Morgan fingerprint density at radius 3 is 2.78 bits per heavy atom. The monoisotopic (exact) mass is 344 g/mol. The standard InChI is InChI=1S/C15H12N4O2S2/c20-13(17-10-3-1-5-16-8-10)7-11-9-23-15(18-11)19-14(21)12-4-2-6-22-12/h1-6,8-9H,7H2,(H,17,20)(H,18,19,21). The SMILES string of the molecule is O=C(Cc1csc(NC(=O)c2cccs2)n1)Nc1cccnc1. The number of carbonyl (C=O) groups excluding carboxylic acids is 2. The molecule has 0 unspecified atom stereocenters. The highest BCUT2D eigenvalue weighted by molar-refractivity contribution is 7.14. The third-order valence-electron chi connectivity index (χ3n) is 2.80. The van der Waals surface area contributed by atoms with E-state index >= 15 is 0 Å². The number of amides is 2. The number of pyridine rings is 1. The smallest absolute Gasteiger partial charge is 0.267 e. The van der Waals surface area contributed by atoms with Gasteiger partial charge in [-0.15, -0.1) is 22.7 Å². The third-order valence-corrected chi connectivity index (χ3v) is 4.48. The number of rotatable bonds is 5. The van der Waals surface area contributed by atoms with Gasteiger partial charge in [-0.1, -0.05) is 6.07 Å². The lowest BCUT2D eigenvalue weighted by Crippen LogP contribution is -2.15. The van der Waals surface area contributed by atoms with Crippen LogP contribution in [0.25, 0.3) is 0 Å². The second-order valence-electron chi connectivity index (χ2n) is 4.54. The molecule has 0 aromatic carbocycles. The van der Waals surface area contributed by atoms with Crippen LogP contribution < -0.4 is 10.6 Å². The van der Waals surface area contributed by atoms with E-state index in [0.29, 0.717) is 21.4 Å². The summed E-state index contributed by atoms with van der Waals surface area (Å²) in [6.45, 7) is 0. The number of hydrogen-bond donors (Lipinski definition) is 2. The fourth-order valence-corrected chi connectivity index (χ4v) is 3.14. The zero-order chi connectivity index (χ0) is 16.1. The molecule has 3 heterocycles. The van der Waals surface area contributed by atoms with Gasteiger partial charge in [0.15, 0.2) is 5.13 Å². The number of nitrogens with zero attached hydrogens (tertiary/aromatic N) is 2. The Kier molecular flexibility index (Phi) is 4.74. The molecule has 0 fully saturated rings. The minimum Gasteiger partial charge on any atom is -0.324 e. The highest BCUT2D eigenvalue weighted by atomic mass is 32.1. The van der Waals surface area contributed by atoms with Gasteiger partial charge in [-0.3, -0.25) is 19.9 Å². The Morgan fingerprint density at radius 2 is 2.04 bits per heavy atom. The highest BCUT2D eigenvalue weighted by Crippen LogP contribution is 2.18. The van der Waals surface area contributed by atoms with Crippen LogP contribution in [0.1, 0.15) is 15.4 Å². The topological polar surface area (TPSA) is 84.0 Å². The van der Waals surface area contributed by atoms with E-state index in [1.165, 1.54) is 22.7 Å². The summed E-state index contributed by atoms with van der Waals surface area (Å²) in [5, 5.41) is 9.54. The Labute approximate surface area is 140 Å². The van der Waals surface area contributed by atoms with E-state index in [9.17, 15) is 9.59 Å². The number of anilines is 2.